The lowest BCUT2D eigenvalue weighted by Gasteiger charge is -1.94. The predicted octanol–water partition coefficient (Wildman–Crippen LogP) is 3.01. The van der Waals surface area contributed by atoms with Crippen LogP contribution in [0.3, 0.4) is 0 Å². The highest BCUT2D eigenvalue weighted by Gasteiger charge is 2.09. The summed E-state index contributed by atoms with van der Waals surface area (Å²) >= 11 is 8.76. The highest BCUT2D eigenvalue weighted by Crippen LogP contribution is 2.25. The summed E-state index contributed by atoms with van der Waals surface area (Å²) in [7, 11) is 0. The molecule has 0 spiro atoms. The lowest BCUT2D eigenvalue weighted by molar-refractivity contribution is -0.115. The SMILES string of the molecule is O=C(CS)Cc1nnc(-c2ccc(Br)cc2)s1. The summed E-state index contributed by atoms with van der Waals surface area (Å²) in [5.74, 6) is 0.305. The van der Waals surface area contributed by atoms with Crippen LogP contribution in [0.5, 0.6) is 0 Å². The largest absolute Gasteiger partial charge is 0.298 e. The Balaban J connectivity index is 2.18. The van der Waals surface area contributed by atoms with Gasteiger partial charge in [-0.2, -0.15) is 12.6 Å². The molecule has 2 aromatic rings. The highest BCUT2D eigenvalue weighted by molar-refractivity contribution is 9.10. The van der Waals surface area contributed by atoms with Crippen LogP contribution in [0, 0.1) is 0 Å². The molecule has 0 bridgehead atoms. The molecule has 0 N–H and O–H groups in total. The van der Waals surface area contributed by atoms with Crippen molar-refractivity contribution < 1.29 is 4.79 Å². The number of carbonyl (C=O) groups excluding carboxylic acids is 1. The predicted molar refractivity (Wildman–Crippen MR) is 75.6 cm³/mol. The Bertz CT molecular complexity index is 525. The number of halogens is 1. The minimum absolute atomic E-state index is 0.0619. The number of thiol groups is 1. The van der Waals surface area contributed by atoms with E-state index in [0.717, 1.165) is 20.1 Å². The first-order valence-electron chi connectivity index (χ1n) is 4.90. The molecule has 2 rings (SSSR count). The molecule has 0 aliphatic rings. The minimum Gasteiger partial charge on any atom is -0.298 e. The summed E-state index contributed by atoms with van der Waals surface area (Å²) in [4.78, 5) is 11.2. The van der Waals surface area contributed by atoms with Crippen molar-refractivity contribution in [1.29, 1.82) is 0 Å². The van der Waals surface area contributed by atoms with Crippen LogP contribution < -0.4 is 0 Å². The van der Waals surface area contributed by atoms with Crippen LogP contribution in [0.4, 0.5) is 0 Å². The van der Waals surface area contributed by atoms with E-state index < -0.39 is 0 Å². The molecular weight excluding hydrogens is 320 g/mol. The molecule has 1 heterocycles. The molecule has 0 aliphatic heterocycles. The van der Waals surface area contributed by atoms with E-state index in [4.69, 9.17) is 0 Å². The van der Waals surface area contributed by atoms with Gasteiger partial charge in [-0.3, -0.25) is 4.79 Å². The van der Waals surface area contributed by atoms with Gasteiger partial charge in [0.2, 0.25) is 0 Å². The zero-order valence-corrected chi connectivity index (χ0v) is 12.1. The Labute approximate surface area is 117 Å². The molecule has 3 nitrogen and oxygen atoms in total. The Morgan fingerprint density at radius 3 is 2.65 bits per heavy atom. The lowest BCUT2D eigenvalue weighted by Crippen LogP contribution is -2.03. The van der Waals surface area contributed by atoms with Crippen molar-refractivity contribution in [3.8, 4) is 10.6 Å². The quantitative estimate of drug-likeness (QED) is 0.877. The van der Waals surface area contributed by atoms with Crippen molar-refractivity contribution >= 4 is 45.7 Å². The van der Waals surface area contributed by atoms with E-state index in [1.807, 2.05) is 24.3 Å². The van der Waals surface area contributed by atoms with E-state index in [1.54, 1.807) is 0 Å². The Morgan fingerprint density at radius 2 is 2.00 bits per heavy atom. The van der Waals surface area contributed by atoms with Crippen molar-refractivity contribution in [3.05, 3.63) is 33.7 Å². The van der Waals surface area contributed by atoms with Crippen molar-refractivity contribution in [2.45, 2.75) is 6.42 Å². The summed E-state index contributed by atoms with van der Waals surface area (Å²) < 4.78 is 1.02. The van der Waals surface area contributed by atoms with Gasteiger partial charge in [-0.25, -0.2) is 0 Å². The van der Waals surface area contributed by atoms with E-state index >= 15 is 0 Å². The molecule has 0 fully saturated rings. The van der Waals surface area contributed by atoms with Crippen LogP contribution in [0.15, 0.2) is 28.7 Å². The molecule has 0 radical (unpaired) electrons. The Kier molecular flexibility index (Phi) is 4.31. The van der Waals surface area contributed by atoms with Gasteiger partial charge in [-0.05, 0) is 12.1 Å². The fourth-order valence-electron chi connectivity index (χ4n) is 1.26. The maximum atomic E-state index is 11.2. The summed E-state index contributed by atoms with van der Waals surface area (Å²) in [6.45, 7) is 0. The number of ketones is 1. The first-order chi connectivity index (χ1) is 8.19. The fourth-order valence-corrected chi connectivity index (χ4v) is 2.51. The van der Waals surface area contributed by atoms with Gasteiger partial charge in [0.25, 0.3) is 0 Å². The molecule has 0 atom stereocenters. The van der Waals surface area contributed by atoms with Crippen LogP contribution in [-0.4, -0.2) is 21.7 Å². The van der Waals surface area contributed by atoms with Crippen molar-refractivity contribution in [3.63, 3.8) is 0 Å². The second kappa shape index (κ2) is 5.75. The van der Waals surface area contributed by atoms with Crippen LogP contribution in [0.1, 0.15) is 5.01 Å². The zero-order chi connectivity index (χ0) is 12.3. The fraction of sp³-hybridized carbons (Fsp3) is 0.182. The molecule has 0 saturated carbocycles. The van der Waals surface area contributed by atoms with Gasteiger partial charge >= 0.3 is 0 Å². The molecule has 17 heavy (non-hydrogen) atoms. The van der Waals surface area contributed by atoms with Crippen LogP contribution in [0.2, 0.25) is 0 Å². The maximum Gasteiger partial charge on any atom is 0.149 e. The van der Waals surface area contributed by atoms with Crippen molar-refractivity contribution in [2.24, 2.45) is 0 Å². The highest BCUT2D eigenvalue weighted by atomic mass is 79.9. The number of aromatic nitrogens is 2. The average molecular weight is 329 g/mol. The van der Waals surface area contributed by atoms with E-state index in [-0.39, 0.29) is 11.5 Å². The third-order valence-corrected chi connectivity index (χ3v) is 3.94. The summed E-state index contributed by atoms with van der Waals surface area (Å²) in [5, 5.41) is 9.66. The standard InChI is InChI=1S/C11H9BrN2OS2/c12-8-3-1-7(2-4-8)11-14-13-10(17-11)5-9(15)6-16/h1-4,16H,5-6H2. The van der Waals surface area contributed by atoms with E-state index in [1.165, 1.54) is 11.3 Å². The minimum atomic E-state index is 0.0619. The van der Waals surface area contributed by atoms with E-state index in [9.17, 15) is 4.79 Å². The molecule has 1 aromatic carbocycles. The average Bonchev–Trinajstić information content (AvgIpc) is 2.78. The molecule has 0 aliphatic carbocycles. The van der Waals surface area contributed by atoms with Gasteiger partial charge in [0.1, 0.15) is 15.8 Å². The topological polar surface area (TPSA) is 42.9 Å². The molecule has 0 amide bonds. The first-order valence-corrected chi connectivity index (χ1v) is 7.14. The number of hydrogen-bond donors (Lipinski definition) is 1. The van der Waals surface area contributed by atoms with Gasteiger partial charge < -0.3 is 0 Å². The van der Waals surface area contributed by atoms with Gasteiger partial charge in [0, 0.05) is 15.8 Å². The third kappa shape index (κ3) is 3.37. The lowest BCUT2D eigenvalue weighted by atomic mass is 10.2. The van der Waals surface area contributed by atoms with Crippen molar-refractivity contribution in [1.82, 2.24) is 10.2 Å². The van der Waals surface area contributed by atoms with Crippen LogP contribution in [-0.2, 0) is 11.2 Å². The molecule has 1 aromatic heterocycles. The van der Waals surface area contributed by atoms with Crippen molar-refractivity contribution in [2.75, 3.05) is 5.75 Å². The number of carbonyl (C=O) groups is 1. The third-order valence-electron chi connectivity index (χ3n) is 2.08. The zero-order valence-electron chi connectivity index (χ0n) is 8.76. The second-order valence-electron chi connectivity index (χ2n) is 3.38. The number of nitrogens with zero attached hydrogens (tertiary/aromatic N) is 2. The van der Waals surface area contributed by atoms with Gasteiger partial charge in [-0.15, -0.1) is 10.2 Å². The monoisotopic (exact) mass is 328 g/mol. The van der Waals surface area contributed by atoms with Gasteiger partial charge in [0.05, 0.1) is 6.42 Å². The van der Waals surface area contributed by atoms with Gasteiger partial charge in [-0.1, -0.05) is 39.4 Å². The summed E-state index contributed by atoms with van der Waals surface area (Å²) in [6.07, 6.45) is 0.317. The van der Waals surface area contributed by atoms with Crippen LogP contribution in [0.25, 0.3) is 10.6 Å². The molecule has 0 saturated heterocycles. The smallest absolute Gasteiger partial charge is 0.149 e. The van der Waals surface area contributed by atoms with E-state index in [0.29, 0.717) is 6.42 Å². The Morgan fingerprint density at radius 1 is 1.29 bits per heavy atom. The second-order valence-corrected chi connectivity index (χ2v) is 5.68. The number of Topliss-reactive ketones (excluding diaryl/α,β-unsaturated/α-hetero) is 1. The number of rotatable bonds is 4. The van der Waals surface area contributed by atoms with Gasteiger partial charge in [0.15, 0.2) is 0 Å². The summed E-state index contributed by atoms with van der Waals surface area (Å²) in [5.41, 5.74) is 1.01. The first kappa shape index (κ1) is 12.7. The normalized spacial score (nSPS) is 10.5. The molecule has 88 valence electrons. The molecule has 0 unspecified atom stereocenters. The molecule has 6 heteroatoms. The van der Waals surface area contributed by atoms with E-state index in [2.05, 4.69) is 38.8 Å². The number of benzene rings is 1. The number of hydrogen-bond acceptors (Lipinski definition) is 5. The summed E-state index contributed by atoms with van der Waals surface area (Å²) in [6, 6.07) is 7.84. The maximum absolute atomic E-state index is 11.2. The Hall–Kier alpha value is -0.720. The molecular formula is C11H9BrN2OS2. The van der Waals surface area contributed by atoms with Crippen LogP contribution >= 0.6 is 39.9 Å².